The molecule has 4 unspecified atom stereocenters. The van der Waals surface area contributed by atoms with E-state index < -0.39 is 0 Å². The number of rotatable bonds is 4. The third-order valence-corrected chi connectivity index (χ3v) is 6.56. The van der Waals surface area contributed by atoms with Crippen molar-refractivity contribution in [2.45, 2.75) is 83.8 Å². The van der Waals surface area contributed by atoms with Gasteiger partial charge in [0.15, 0.2) is 0 Å². The summed E-state index contributed by atoms with van der Waals surface area (Å²) < 4.78 is 0. The minimum atomic E-state index is -0.324. The lowest BCUT2D eigenvalue weighted by molar-refractivity contribution is -0.134. The summed E-state index contributed by atoms with van der Waals surface area (Å²) in [5.41, 5.74) is -0.324. The van der Waals surface area contributed by atoms with Gasteiger partial charge in [0, 0.05) is 6.54 Å². The molecule has 0 spiro atoms. The van der Waals surface area contributed by atoms with Gasteiger partial charge in [0.1, 0.15) is 0 Å². The monoisotopic (exact) mass is 292 g/mol. The zero-order valence-electron chi connectivity index (χ0n) is 14.0. The lowest BCUT2D eigenvalue weighted by Gasteiger charge is -2.32. The molecule has 0 aromatic heterocycles. The quantitative estimate of drug-likeness (QED) is 0.859. The van der Waals surface area contributed by atoms with Crippen LogP contribution in [0, 0.1) is 17.8 Å². The summed E-state index contributed by atoms with van der Waals surface area (Å²) in [4.78, 5) is 15.2. The highest BCUT2D eigenvalue weighted by atomic mass is 16.2. The van der Waals surface area contributed by atoms with Crippen LogP contribution < -0.4 is 5.32 Å². The Bertz CT molecular complexity index is 391. The first-order chi connectivity index (χ1) is 10.0. The van der Waals surface area contributed by atoms with Gasteiger partial charge >= 0.3 is 0 Å². The van der Waals surface area contributed by atoms with Gasteiger partial charge in [-0.3, -0.25) is 10.1 Å². The minimum Gasteiger partial charge on any atom is -0.325 e. The average molecular weight is 292 g/mol. The largest absolute Gasteiger partial charge is 0.325 e. The van der Waals surface area contributed by atoms with E-state index in [1.165, 1.54) is 44.9 Å². The van der Waals surface area contributed by atoms with Crippen molar-refractivity contribution < 1.29 is 4.79 Å². The Morgan fingerprint density at radius 1 is 1.19 bits per heavy atom. The molecule has 0 aromatic rings. The van der Waals surface area contributed by atoms with Crippen molar-refractivity contribution in [2.24, 2.45) is 17.8 Å². The third-order valence-electron chi connectivity index (χ3n) is 6.56. The van der Waals surface area contributed by atoms with Crippen LogP contribution in [-0.2, 0) is 4.79 Å². The van der Waals surface area contributed by atoms with Crippen LogP contribution in [0.25, 0.3) is 0 Å². The molecule has 1 saturated heterocycles. The maximum Gasteiger partial charge on any atom is 0.243 e. The van der Waals surface area contributed by atoms with Crippen molar-refractivity contribution in [1.82, 2.24) is 10.2 Å². The summed E-state index contributed by atoms with van der Waals surface area (Å²) in [5, 5.41) is 3.72. The summed E-state index contributed by atoms with van der Waals surface area (Å²) in [7, 11) is 0. The van der Waals surface area contributed by atoms with Crippen molar-refractivity contribution in [3.05, 3.63) is 0 Å². The third kappa shape index (κ3) is 2.74. The molecule has 1 aliphatic heterocycles. The molecule has 2 aliphatic carbocycles. The lowest BCUT2D eigenvalue weighted by atomic mass is 9.95. The highest BCUT2D eigenvalue weighted by Crippen LogP contribution is 2.38. The number of amides is 1. The molecule has 1 N–H and O–H groups in total. The van der Waals surface area contributed by atoms with Crippen molar-refractivity contribution in [1.29, 1.82) is 0 Å². The number of carbonyl (C=O) groups excluding carboxylic acids is 1. The van der Waals surface area contributed by atoms with Crippen LogP contribution in [0.2, 0.25) is 0 Å². The van der Waals surface area contributed by atoms with Gasteiger partial charge in [-0.25, -0.2) is 0 Å². The number of hydrogen-bond acceptors (Lipinski definition) is 2. The van der Waals surface area contributed by atoms with E-state index >= 15 is 0 Å². The van der Waals surface area contributed by atoms with E-state index in [0.717, 1.165) is 24.8 Å². The highest BCUT2D eigenvalue weighted by Gasteiger charge is 2.50. The number of nitrogens with one attached hydrogen (secondary N) is 1. The molecule has 3 heteroatoms. The SMILES string of the molecule is CCC1(C)NC(C2CCCC2)N(CC2CCCC2C)C1=O. The average Bonchev–Trinajstić information content (AvgIpc) is 3.17. The lowest BCUT2D eigenvalue weighted by Crippen LogP contribution is -2.46. The topological polar surface area (TPSA) is 32.3 Å². The van der Waals surface area contributed by atoms with E-state index in [0.29, 0.717) is 18.0 Å². The molecule has 1 amide bonds. The summed E-state index contributed by atoms with van der Waals surface area (Å²) in [6.07, 6.45) is 10.5. The van der Waals surface area contributed by atoms with Crippen LogP contribution in [0.3, 0.4) is 0 Å². The second kappa shape index (κ2) is 5.91. The number of hydrogen-bond donors (Lipinski definition) is 1. The zero-order valence-corrected chi connectivity index (χ0v) is 14.0. The first kappa shape index (κ1) is 15.3. The van der Waals surface area contributed by atoms with E-state index in [2.05, 4.69) is 31.0 Å². The maximum absolute atomic E-state index is 13.0. The first-order valence-corrected chi connectivity index (χ1v) is 9.14. The predicted molar refractivity (Wildman–Crippen MR) is 85.8 cm³/mol. The molecule has 1 heterocycles. The Hall–Kier alpha value is -0.570. The fourth-order valence-electron chi connectivity index (χ4n) is 4.75. The van der Waals surface area contributed by atoms with Gasteiger partial charge < -0.3 is 4.90 Å². The normalized spacial score (nSPS) is 41.4. The van der Waals surface area contributed by atoms with E-state index in [4.69, 9.17) is 0 Å². The van der Waals surface area contributed by atoms with E-state index in [1.807, 2.05) is 0 Å². The van der Waals surface area contributed by atoms with E-state index in [9.17, 15) is 4.79 Å². The van der Waals surface area contributed by atoms with Crippen LogP contribution in [0.1, 0.15) is 72.1 Å². The van der Waals surface area contributed by atoms with Gasteiger partial charge in [-0.15, -0.1) is 0 Å². The predicted octanol–water partition coefficient (Wildman–Crippen LogP) is 3.54. The maximum atomic E-state index is 13.0. The molecule has 0 aromatic carbocycles. The summed E-state index contributed by atoms with van der Waals surface area (Å²) >= 11 is 0. The summed E-state index contributed by atoms with van der Waals surface area (Å²) in [5.74, 6) is 2.55. The van der Waals surface area contributed by atoms with Crippen LogP contribution in [0.4, 0.5) is 0 Å². The molecular weight excluding hydrogens is 260 g/mol. The molecule has 0 radical (unpaired) electrons. The number of carbonyl (C=O) groups is 1. The van der Waals surface area contributed by atoms with Gasteiger partial charge in [-0.1, -0.05) is 39.5 Å². The zero-order chi connectivity index (χ0) is 15.0. The van der Waals surface area contributed by atoms with Crippen LogP contribution in [0.5, 0.6) is 0 Å². The van der Waals surface area contributed by atoms with Crippen molar-refractivity contribution >= 4 is 5.91 Å². The van der Waals surface area contributed by atoms with Crippen molar-refractivity contribution in [3.8, 4) is 0 Å². The van der Waals surface area contributed by atoms with Crippen molar-refractivity contribution in [2.75, 3.05) is 6.54 Å². The van der Waals surface area contributed by atoms with Gasteiger partial charge in [0.05, 0.1) is 11.7 Å². The fourth-order valence-corrected chi connectivity index (χ4v) is 4.75. The molecule has 120 valence electrons. The number of nitrogens with zero attached hydrogens (tertiary/aromatic N) is 1. The molecule has 21 heavy (non-hydrogen) atoms. The molecule has 3 rings (SSSR count). The standard InChI is InChI=1S/C18H32N2O/c1-4-18(3)17(21)20(12-15-11-7-8-13(15)2)16(19-18)14-9-5-6-10-14/h13-16,19H,4-12H2,1-3H3. The van der Waals surface area contributed by atoms with Gasteiger partial charge in [0.2, 0.25) is 5.91 Å². The van der Waals surface area contributed by atoms with Crippen molar-refractivity contribution in [3.63, 3.8) is 0 Å². The first-order valence-electron chi connectivity index (χ1n) is 9.14. The highest BCUT2D eigenvalue weighted by molar-refractivity contribution is 5.88. The minimum absolute atomic E-state index is 0.303. The van der Waals surface area contributed by atoms with Crippen LogP contribution in [-0.4, -0.2) is 29.1 Å². The van der Waals surface area contributed by atoms with E-state index in [-0.39, 0.29) is 5.54 Å². The Morgan fingerprint density at radius 2 is 1.90 bits per heavy atom. The molecule has 0 bridgehead atoms. The Kier molecular flexibility index (Phi) is 4.31. The van der Waals surface area contributed by atoms with Crippen LogP contribution in [0.15, 0.2) is 0 Å². The Labute approximate surface area is 129 Å². The Morgan fingerprint density at radius 3 is 2.48 bits per heavy atom. The molecule has 4 atom stereocenters. The molecule has 3 aliphatic rings. The van der Waals surface area contributed by atoms with Gasteiger partial charge in [-0.2, -0.15) is 0 Å². The molecule has 3 fully saturated rings. The Balaban J connectivity index is 1.77. The molecule has 2 saturated carbocycles. The second-order valence-electron chi connectivity index (χ2n) is 7.95. The summed E-state index contributed by atoms with van der Waals surface area (Å²) in [6.45, 7) is 7.60. The molecule has 3 nitrogen and oxygen atoms in total. The summed E-state index contributed by atoms with van der Waals surface area (Å²) in [6, 6.07) is 0. The molecular formula is C18H32N2O. The van der Waals surface area contributed by atoms with E-state index in [1.54, 1.807) is 0 Å². The second-order valence-corrected chi connectivity index (χ2v) is 7.95. The van der Waals surface area contributed by atoms with Gasteiger partial charge in [0.25, 0.3) is 0 Å². The smallest absolute Gasteiger partial charge is 0.243 e. The van der Waals surface area contributed by atoms with Crippen LogP contribution >= 0.6 is 0 Å². The van der Waals surface area contributed by atoms with Gasteiger partial charge in [-0.05, 0) is 50.4 Å². The fraction of sp³-hybridized carbons (Fsp3) is 0.944.